The Bertz CT molecular complexity index is 660. The van der Waals surface area contributed by atoms with E-state index in [1.54, 1.807) is 13.2 Å². The quantitative estimate of drug-likeness (QED) is 0.866. The number of methoxy groups -OCH3 is 1. The molecule has 0 bridgehead atoms. The van der Waals surface area contributed by atoms with Crippen LogP contribution in [0.2, 0.25) is 0 Å². The van der Waals surface area contributed by atoms with Crippen molar-refractivity contribution in [1.29, 1.82) is 0 Å². The molecule has 5 nitrogen and oxygen atoms in total. The third-order valence-corrected chi connectivity index (χ3v) is 4.42. The highest BCUT2D eigenvalue weighted by molar-refractivity contribution is 5.94. The van der Waals surface area contributed by atoms with E-state index in [1.807, 2.05) is 35.2 Å². The molecule has 1 fully saturated rings. The van der Waals surface area contributed by atoms with E-state index in [1.165, 1.54) is 19.3 Å². The third kappa shape index (κ3) is 3.91. The Kier molecular flexibility index (Phi) is 5.41. The van der Waals surface area contributed by atoms with Crippen LogP contribution in [0.5, 0.6) is 5.88 Å². The van der Waals surface area contributed by atoms with E-state index in [2.05, 4.69) is 10.2 Å². The molecule has 0 unspecified atom stereocenters. The molecular weight excluding hydrogens is 302 g/mol. The Labute approximate surface area is 142 Å². The average molecular weight is 325 g/mol. The Hall–Kier alpha value is -2.43. The normalized spacial score (nSPS) is 15.5. The lowest BCUT2D eigenvalue weighted by atomic mass is 10.1. The maximum atomic E-state index is 12.7. The molecule has 1 aromatic carbocycles. The summed E-state index contributed by atoms with van der Waals surface area (Å²) in [4.78, 5) is 14.7. The molecule has 0 aliphatic carbocycles. The predicted molar refractivity (Wildman–Crippen MR) is 93.0 cm³/mol. The largest absolute Gasteiger partial charge is 0.480 e. The first-order valence-electron chi connectivity index (χ1n) is 8.55. The molecule has 1 aromatic heterocycles. The molecule has 126 valence electrons. The smallest absolute Gasteiger partial charge is 0.253 e. The minimum absolute atomic E-state index is 0.129. The molecule has 24 heavy (non-hydrogen) atoms. The molecule has 1 saturated heterocycles. The second kappa shape index (κ2) is 7.90. The second-order valence-corrected chi connectivity index (χ2v) is 6.10. The highest BCUT2D eigenvalue weighted by Gasteiger charge is 2.16. The predicted octanol–water partition coefficient (Wildman–Crippen LogP) is 3.56. The highest BCUT2D eigenvalue weighted by atomic mass is 16.5. The summed E-state index contributed by atoms with van der Waals surface area (Å²) in [5, 5.41) is 8.11. The van der Waals surface area contributed by atoms with E-state index in [0.29, 0.717) is 5.88 Å². The number of ether oxygens (including phenoxy) is 1. The van der Waals surface area contributed by atoms with Gasteiger partial charge in [-0.3, -0.25) is 4.79 Å². The summed E-state index contributed by atoms with van der Waals surface area (Å²) < 4.78 is 5.02. The number of likely N-dealkylation sites (tertiary alicyclic amines) is 1. The van der Waals surface area contributed by atoms with Crippen LogP contribution in [-0.2, 0) is 0 Å². The summed E-state index contributed by atoms with van der Waals surface area (Å²) in [6, 6.07) is 11.2. The summed E-state index contributed by atoms with van der Waals surface area (Å²) in [6.07, 6.45) is 5.94. The van der Waals surface area contributed by atoms with Gasteiger partial charge in [0.15, 0.2) is 0 Å². The summed E-state index contributed by atoms with van der Waals surface area (Å²) in [7, 11) is 1.56. The maximum absolute atomic E-state index is 12.7. The van der Waals surface area contributed by atoms with Gasteiger partial charge in [-0.25, -0.2) is 0 Å². The molecule has 1 aliphatic heterocycles. The van der Waals surface area contributed by atoms with E-state index in [4.69, 9.17) is 4.74 Å². The lowest BCUT2D eigenvalue weighted by Gasteiger charge is -2.24. The number of amides is 1. The third-order valence-electron chi connectivity index (χ3n) is 4.42. The SMILES string of the molecule is COc1ccc(-c2ccc(C(=O)N3CCCCCCC3)cc2)nn1. The van der Waals surface area contributed by atoms with Crippen molar-refractivity contribution in [3.63, 3.8) is 0 Å². The molecule has 1 amide bonds. The lowest BCUT2D eigenvalue weighted by molar-refractivity contribution is 0.0742. The summed E-state index contributed by atoms with van der Waals surface area (Å²) >= 11 is 0. The van der Waals surface area contributed by atoms with E-state index in [-0.39, 0.29) is 5.91 Å². The molecular formula is C19H23N3O2. The number of carbonyl (C=O) groups is 1. The second-order valence-electron chi connectivity index (χ2n) is 6.10. The molecule has 2 aromatic rings. The first-order chi connectivity index (χ1) is 11.8. The van der Waals surface area contributed by atoms with Crippen LogP contribution in [0.4, 0.5) is 0 Å². The number of nitrogens with zero attached hydrogens (tertiary/aromatic N) is 3. The summed E-state index contributed by atoms with van der Waals surface area (Å²) in [5.74, 6) is 0.617. The molecule has 0 spiro atoms. The standard InChI is InChI=1S/C19H23N3O2/c1-24-18-12-11-17(20-21-18)15-7-9-16(10-8-15)19(23)22-13-5-3-2-4-6-14-22/h7-12H,2-6,13-14H2,1H3. The minimum Gasteiger partial charge on any atom is -0.480 e. The van der Waals surface area contributed by atoms with Gasteiger partial charge in [-0.1, -0.05) is 31.4 Å². The zero-order valence-corrected chi connectivity index (χ0v) is 14.1. The molecule has 3 rings (SSSR count). The van der Waals surface area contributed by atoms with Crippen molar-refractivity contribution in [2.75, 3.05) is 20.2 Å². The van der Waals surface area contributed by atoms with Crippen LogP contribution in [0.25, 0.3) is 11.3 Å². The number of hydrogen-bond acceptors (Lipinski definition) is 4. The van der Waals surface area contributed by atoms with E-state index >= 15 is 0 Å². The van der Waals surface area contributed by atoms with Gasteiger partial charge in [0.2, 0.25) is 5.88 Å². The molecule has 5 heteroatoms. The van der Waals surface area contributed by atoms with Crippen molar-refractivity contribution < 1.29 is 9.53 Å². The topological polar surface area (TPSA) is 55.3 Å². The van der Waals surface area contributed by atoms with Crippen molar-refractivity contribution in [1.82, 2.24) is 15.1 Å². The Morgan fingerprint density at radius 3 is 2.17 bits per heavy atom. The van der Waals surface area contributed by atoms with Gasteiger partial charge >= 0.3 is 0 Å². The van der Waals surface area contributed by atoms with E-state index < -0.39 is 0 Å². The molecule has 1 aliphatic rings. The molecule has 2 heterocycles. The zero-order chi connectivity index (χ0) is 16.8. The number of benzene rings is 1. The fourth-order valence-electron chi connectivity index (χ4n) is 3.00. The number of rotatable bonds is 3. The Morgan fingerprint density at radius 1 is 0.917 bits per heavy atom. The number of carbonyl (C=O) groups excluding carboxylic acids is 1. The van der Waals surface area contributed by atoms with Gasteiger partial charge in [0, 0.05) is 30.3 Å². The minimum atomic E-state index is 0.129. The van der Waals surface area contributed by atoms with Gasteiger partial charge < -0.3 is 9.64 Å². The van der Waals surface area contributed by atoms with Crippen LogP contribution in [-0.4, -0.2) is 41.2 Å². The maximum Gasteiger partial charge on any atom is 0.253 e. The van der Waals surface area contributed by atoms with Crippen LogP contribution in [0.15, 0.2) is 36.4 Å². The van der Waals surface area contributed by atoms with Gasteiger partial charge in [-0.15, -0.1) is 10.2 Å². The van der Waals surface area contributed by atoms with Crippen LogP contribution >= 0.6 is 0 Å². The molecule has 0 radical (unpaired) electrons. The van der Waals surface area contributed by atoms with E-state index in [0.717, 1.165) is 42.8 Å². The zero-order valence-electron chi connectivity index (χ0n) is 14.1. The van der Waals surface area contributed by atoms with Gasteiger partial charge in [-0.2, -0.15) is 0 Å². The molecule has 0 saturated carbocycles. The summed E-state index contributed by atoms with van der Waals surface area (Å²) in [6.45, 7) is 1.73. The van der Waals surface area contributed by atoms with Gasteiger partial charge in [0.25, 0.3) is 5.91 Å². The van der Waals surface area contributed by atoms with Crippen LogP contribution in [0.3, 0.4) is 0 Å². The fourth-order valence-corrected chi connectivity index (χ4v) is 3.00. The number of hydrogen-bond donors (Lipinski definition) is 0. The van der Waals surface area contributed by atoms with Crippen molar-refractivity contribution in [2.24, 2.45) is 0 Å². The van der Waals surface area contributed by atoms with Crippen molar-refractivity contribution in [3.8, 4) is 17.1 Å². The Morgan fingerprint density at radius 2 is 1.58 bits per heavy atom. The van der Waals surface area contributed by atoms with Gasteiger partial charge in [-0.05, 0) is 31.0 Å². The lowest BCUT2D eigenvalue weighted by Crippen LogP contribution is -2.33. The van der Waals surface area contributed by atoms with Gasteiger partial charge in [0.05, 0.1) is 12.8 Å². The fraction of sp³-hybridized carbons (Fsp3) is 0.421. The van der Waals surface area contributed by atoms with Crippen molar-refractivity contribution >= 4 is 5.91 Å². The van der Waals surface area contributed by atoms with Gasteiger partial charge in [0.1, 0.15) is 0 Å². The summed E-state index contributed by atoms with van der Waals surface area (Å²) in [5.41, 5.74) is 2.44. The molecule has 0 N–H and O–H groups in total. The highest BCUT2D eigenvalue weighted by Crippen LogP contribution is 2.20. The van der Waals surface area contributed by atoms with Crippen LogP contribution in [0, 0.1) is 0 Å². The van der Waals surface area contributed by atoms with E-state index in [9.17, 15) is 4.79 Å². The molecule has 0 atom stereocenters. The van der Waals surface area contributed by atoms with Crippen molar-refractivity contribution in [3.05, 3.63) is 42.0 Å². The average Bonchev–Trinajstić information content (AvgIpc) is 2.61. The first-order valence-corrected chi connectivity index (χ1v) is 8.55. The monoisotopic (exact) mass is 325 g/mol. The number of aromatic nitrogens is 2. The van der Waals surface area contributed by atoms with Crippen LogP contribution in [0.1, 0.15) is 42.5 Å². The Balaban J connectivity index is 1.71. The first kappa shape index (κ1) is 16.4. The van der Waals surface area contributed by atoms with Crippen LogP contribution < -0.4 is 4.74 Å². The van der Waals surface area contributed by atoms with Crippen molar-refractivity contribution in [2.45, 2.75) is 32.1 Å².